The van der Waals surface area contributed by atoms with Crippen molar-refractivity contribution < 1.29 is 19.1 Å². The first kappa shape index (κ1) is 19.8. The van der Waals surface area contributed by atoms with Crippen LogP contribution in [0.2, 0.25) is 5.02 Å². The van der Waals surface area contributed by atoms with E-state index < -0.39 is 23.5 Å². The Morgan fingerprint density at radius 1 is 1.13 bits per heavy atom. The van der Waals surface area contributed by atoms with Gasteiger partial charge < -0.3 is 20.3 Å². The van der Waals surface area contributed by atoms with Gasteiger partial charge in [-0.3, -0.25) is 14.4 Å². The molecule has 158 valence electrons. The van der Waals surface area contributed by atoms with Gasteiger partial charge in [0.15, 0.2) is 0 Å². The zero-order chi connectivity index (χ0) is 21.8. The van der Waals surface area contributed by atoms with Gasteiger partial charge in [-0.05, 0) is 42.5 Å². The molecule has 4 atom stereocenters. The Kier molecular flexibility index (Phi) is 4.60. The highest BCUT2D eigenvalue weighted by molar-refractivity contribution is 6.30. The third-order valence-electron chi connectivity index (χ3n) is 5.99. The van der Waals surface area contributed by atoms with Crippen LogP contribution in [0, 0.1) is 11.8 Å². The Bertz CT molecular complexity index is 1120. The molecule has 3 heterocycles. The van der Waals surface area contributed by atoms with Crippen LogP contribution in [0.1, 0.15) is 6.92 Å². The molecule has 2 bridgehead atoms. The molecule has 2 aromatic rings. The second kappa shape index (κ2) is 7.21. The molecule has 2 fully saturated rings. The Balaban J connectivity index is 1.39. The fraction of sp³-hybridized carbons (Fsp3) is 0.261. The van der Waals surface area contributed by atoms with E-state index in [1.54, 1.807) is 53.4 Å². The number of hydrogen-bond donors (Lipinski definition) is 2. The fourth-order valence-corrected chi connectivity index (χ4v) is 4.93. The topological polar surface area (TPSA) is 87.7 Å². The number of carbonyl (C=O) groups is 3. The van der Waals surface area contributed by atoms with Crippen LogP contribution in [0.25, 0.3) is 0 Å². The number of anilines is 3. The average molecular weight is 438 g/mol. The lowest BCUT2D eigenvalue weighted by Gasteiger charge is -2.23. The number of hydrogen-bond acceptors (Lipinski definition) is 4. The van der Waals surface area contributed by atoms with Crippen LogP contribution in [0.4, 0.5) is 17.1 Å². The second-order valence-electron chi connectivity index (χ2n) is 8.05. The summed E-state index contributed by atoms with van der Waals surface area (Å²) >= 11 is 6.02. The van der Waals surface area contributed by atoms with Crippen LogP contribution in [0.15, 0.2) is 60.7 Å². The third-order valence-corrected chi connectivity index (χ3v) is 6.23. The highest BCUT2D eigenvalue weighted by Crippen LogP contribution is 2.52. The molecule has 0 aromatic heterocycles. The molecule has 31 heavy (non-hydrogen) atoms. The normalized spacial score (nSPS) is 28.0. The maximum Gasteiger partial charge on any atom is 0.234 e. The molecule has 3 aliphatic rings. The molecule has 8 heteroatoms. The predicted octanol–water partition coefficient (Wildman–Crippen LogP) is 3.22. The number of carbonyl (C=O) groups excluding carboxylic acids is 3. The van der Waals surface area contributed by atoms with Crippen molar-refractivity contribution in [1.82, 2.24) is 0 Å². The SMILES string of the molecule is CC(=O)Nc1ccc(N2C[C@@]34C=C[C@@H](O3)[C@H](C(=O)Nc3cccc(Cl)c3)[C@@H]4C2=O)cc1. The number of halogens is 1. The summed E-state index contributed by atoms with van der Waals surface area (Å²) in [5.74, 6) is -1.80. The summed E-state index contributed by atoms with van der Waals surface area (Å²) in [7, 11) is 0. The first-order valence-electron chi connectivity index (χ1n) is 9.99. The Labute approximate surface area is 184 Å². The van der Waals surface area contributed by atoms with Crippen LogP contribution in [0.5, 0.6) is 0 Å². The van der Waals surface area contributed by atoms with Crippen LogP contribution < -0.4 is 15.5 Å². The third kappa shape index (κ3) is 3.30. The Morgan fingerprint density at radius 2 is 1.90 bits per heavy atom. The Morgan fingerprint density at radius 3 is 2.61 bits per heavy atom. The molecule has 3 amide bonds. The van der Waals surface area contributed by atoms with Gasteiger partial charge in [0, 0.05) is 29.0 Å². The van der Waals surface area contributed by atoms with Crippen LogP contribution in [-0.2, 0) is 19.1 Å². The van der Waals surface area contributed by atoms with Gasteiger partial charge in [0.1, 0.15) is 5.60 Å². The zero-order valence-electron chi connectivity index (χ0n) is 16.7. The van der Waals surface area contributed by atoms with E-state index in [0.717, 1.165) is 0 Å². The van der Waals surface area contributed by atoms with Crippen LogP contribution in [-0.4, -0.2) is 36.0 Å². The van der Waals surface area contributed by atoms with Gasteiger partial charge in [0.05, 0.1) is 24.5 Å². The molecule has 0 unspecified atom stereocenters. The van der Waals surface area contributed by atoms with E-state index in [0.29, 0.717) is 28.6 Å². The minimum atomic E-state index is -0.811. The number of ether oxygens (including phenoxy) is 1. The zero-order valence-corrected chi connectivity index (χ0v) is 17.4. The molecule has 7 nitrogen and oxygen atoms in total. The summed E-state index contributed by atoms with van der Waals surface area (Å²) in [6.07, 6.45) is 3.35. The maximum absolute atomic E-state index is 13.4. The largest absolute Gasteiger partial charge is 0.360 e. The predicted molar refractivity (Wildman–Crippen MR) is 117 cm³/mol. The van der Waals surface area contributed by atoms with Crippen molar-refractivity contribution in [2.24, 2.45) is 11.8 Å². The molecule has 3 aliphatic heterocycles. The van der Waals surface area contributed by atoms with E-state index >= 15 is 0 Å². The van der Waals surface area contributed by atoms with Gasteiger partial charge in [-0.15, -0.1) is 0 Å². The first-order chi connectivity index (χ1) is 14.9. The molecule has 1 spiro atoms. The van der Waals surface area contributed by atoms with Gasteiger partial charge in [0.2, 0.25) is 17.7 Å². The minimum absolute atomic E-state index is 0.148. The smallest absolute Gasteiger partial charge is 0.234 e. The van der Waals surface area contributed by atoms with E-state index in [9.17, 15) is 14.4 Å². The lowest BCUT2D eigenvalue weighted by atomic mass is 9.77. The molecule has 0 radical (unpaired) electrons. The molecule has 2 aromatic carbocycles. The van der Waals surface area contributed by atoms with E-state index in [1.165, 1.54) is 6.92 Å². The monoisotopic (exact) mass is 437 g/mol. The number of rotatable bonds is 4. The second-order valence-corrected chi connectivity index (χ2v) is 8.49. The number of nitrogens with one attached hydrogen (secondary N) is 2. The van der Waals surface area contributed by atoms with Gasteiger partial charge in [0.25, 0.3) is 0 Å². The first-order valence-corrected chi connectivity index (χ1v) is 10.4. The summed E-state index contributed by atoms with van der Waals surface area (Å²) in [6.45, 7) is 1.77. The summed E-state index contributed by atoms with van der Waals surface area (Å²) in [5, 5.41) is 6.10. The summed E-state index contributed by atoms with van der Waals surface area (Å²) < 4.78 is 6.16. The summed E-state index contributed by atoms with van der Waals surface area (Å²) in [5.41, 5.74) is 1.11. The summed E-state index contributed by atoms with van der Waals surface area (Å²) in [4.78, 5) is 39.4. The van der Waals surface area contributed by atoms with Crippen molar-refractivity contribution in [3.8, 4) is 0 Å². The average Bonchev–Trinajstić information content (AvgIpc) is 3.36. The Hall–Kier alpha value is -3.16. The molecule has 2 N–H and O–H groups in total. The minimum Gasteiger partial charge on any atom is -0.360 e. The fourth-order valence-electron chi connectivity index (χ4n) is 4.74. The van der Waals surface area contributed by atoms with E-state index in [1.807, 2.05) is 12.2 Å². The molecule has 2 saturated heterocycles. The van der Waals surface area contributed by atoms with E-state index in [2.05, 4.69) is 10.6 Å². The van der Waals surface area contributed by atoms with Crippen LogP contribution in [0.3, 0.4) is 0 Å². The standard InChI is InChI=1S/C23H20ClN3O4/c1-13(28)25-15-5-7-17(8-6-15)27-12-23-10-9-18(31-23)19(20(23)22(27)30)21(29)26-16-4-2-3-14(24)11-16/h2-11,18-20H,12H2,1H3,(H,25,28)(H,26,29)/t18-,19+,20-,23-/m1/s1. The van der Waals surface area contributed by atoms with Gasteiger partial charge >= 0.3 is 0 Å². The van der Waals surface area contributed by atoms with Crippen molar-refractivity contribution in [3.63, 3.8) is 0 Å². The van der Waals surface area contributed by atoms with Crippen molar-refractivity contribution in [2.45, 2.75) is 18.6 Å². The number of nitrogens with zero attached hydrogens (tertiary/aromatic N) is 1. The lowest BCUT2D eigenvalue weighted by Crippen LogP contribution is -2.41. The lowest BCUT2D eigenvalue weighted by molar-refractivity contribution is -0.128. The molecule has 0 saturated carbocycles. The van der Waals surface area contributed by atoms with Crippen molar-refractivity contribution in [2.75, 3.05) is 22.1 Å². The molecule has 0 aliphatic carbocycles. The molecular formula is C23H20ClN3O4. The van der Waals surface area contributed by atoms with E-state index in [4.69, 9.17) is 16.3 Å². The number of amides is 3. The number of fused-ring (bicyclic) bond motifs is 1. The highest BCUT2D eigenvalue weighted by Gasteiger charge is 2.67. The van der Waals surface area contributed by atoms with Crippen LogP contribution >= 0.6 is 11.6 Å². The molecule has 5 rings (SSSR count). The van der Waals surface area contributed by atoms with Crippen molar-refractivity contribution >= 4 is 46.4 Å². The molecular weight excluding hydrogens is 418 g/mol. The van der Waals surface area contributed by atoms with Gasteiger partial charge in [-0.25, -0.2) is 0 Å². The summed E-state index contributed by atoms with van der Waals surface area (Å²) in [6, 6.07) is 13.9. The van der Waals surface area contributed by atoms with Crippen molar-refractivity contribution in [1.29, 1.82) is 0 Å². The quantitative estimate of drug-likeness (QED) is 0.719. The van der Waals surface area contributed by atoms with Gasteiger partial charge in [-0.1, -0.05) is 29.8 Å². The number of benzene rings is 2. The highest BCUT2D eigenvalue weighted by atomic mass is 35.5. The maximum atomic E-state index is 13.4. The van der Waals surface area contributed by atoms with Gasteiger partial charge in [-0.2, -0.15) is 0 Å². The van der Waals surface area contributed by atoms with Crippen molar-refractivity contribution in [3.05, 3.63) is 65.7 Å². The van der Waals surface area contributed by atoms with E-state index in [-0.39, 0.29) is 17.7 Å².